The molecule has 0 spiro atoms. The molecule has 0 aliphatic rings. The normalized spacial score (nSPS) is 10.3. The number of benzene rings is 2. The number of hydrogen-bond acceptors (Lipinski definition) is 4. The van der Waals surface area contributed by atoms with E-state index in [2.05, 4.69) is 15.6 Å². The van der Waals surface area contributed by atoms with Crippen molar-refractivity contribution < 1.29 is 9.53 Å². The van der Waals surface area contributed by atoms with Crippen LogP contribution in [0.5, 0.6) is 5.75 Å². The van der Waals surface area contributed by atoms with Gasteiger partial charge in [0.1, 0.15) is 11.6 Å². The van der Waals surface area contributed by atoms with Crippen molar-refractivity contribution in [3.63, 3.8) is 0 Å². The predicted octanol–water partition coefficient (Wildman–Crippen LogP) is 4.20. The summed E-state index contributed by atoms with van der Waals surface area (Å²) in [5.41, 5.74) is 2.57. The number of ether oxygens (including phenoxy) is 1. The van der Waals surface area contributed by atoms with Crippen molar-refractivity contribution in [3.8, 4) is 5.75 Å². The average molecular weight is 361 g/mol. The lowest BCUT2D eigenvalue weighted by atomic mass is 10.1. The Labute approximate surface area is 159 Å². The number of carbonyl (C=O) groups excluding carboxylic acids is 1. The molecule has 27 heavy (non-hydrogen) atoms. The van der Waals surface area contributed by atoms with Gasteiger partial charge >= 0.3 is 0 Å². The molecule has 0 saturated carbocycles. The number of carbonyl (C=O) groups is 1. The zero-order valence-corrected chi connectivity index (χ0v) is 15.3. The molecule has 2 aromatic carbocycles. The zero-order chi connectivity index (χ0) is 18.9. The van der Waals surface area contributed by atoms with E-state index in [1.807, 2.05) is 61.5 Å². The van der Waals surface area contributed by atoms with Crippen molar-refractivity contribution in [2.24, 2.45) is 0 Å². The first-order valence-corrected chi connectivity index (χ1v) is 9.03. The Bertz CT molecular complexity index is 864. The van der Waals surface area contributed by atoms with Gasteiger partial charge in [-0.1, -0.05) is 42.5 Å². The fourth-order valence-electron chi connectivity index (χ4n) is 2.66. The maximum absolute atomic E-state index is 12.3. The molecule has 138 valence electrons. The first-order chi connectivity index (χ1) is 13.3. The van der Waals surface area contributed by atoms with Gasteiger partial charge in [-0.25, -0.2) is 4.98 Å². The third-order valence-electron chi connectivity index (χ3n) is 4.02. The topological polar surface area (TPSA) is 63.2 Å². The Hall–Kier alpha value is -3.34. The van der Waals surface area contributed by atoms with Crippen LogP contribution in [0.25, 0.3) is 0 Å². The molecule has 0 unspecified atom stereocenters. The van der Waals surface area contributed by atoms with Gasteiger partial charge in [0, 0.05) is 12.7 Å². The quantitative estimate of drug-likeness (QED) is 0.631. The lowest BCUT2D eigenvalue weighted by Crippen LogP contribution is -2.25. The SMILES string of the molecule is CCOc1ccccc1Nc1ccc(C(=O)NCCc2ccccc2)cn1. The van der Waals surface area contributed by atoms with Gasteiger partial charge in [-0.3, -0.25) is 4.79 Å². The van der Waals surface area contributed by atoms with Crippen molar-refractivity contribution in [1.29, 1.82) is 0 Å². The summed E-state index contributed by atoms with van der Waals surface area (Å²) in [6, 6.07) is 21.3. The Kier molecular flexibility index (Phi) is 6.41. The third kappa shape index (κ3) is 5.31. The summed E-state index contributed by atoms with van der Waals surface area (Å²) in [7, 11) is 0. The van der Waals surface area contributed by atoms with E-state index >= 15 is 0 Å². The molecule has 0 atom stereocenters. The van der Waals surface area contributed by atoms with Crippen LogP contribution in [-0.2, 0) is 6.42 Å². The van der Waals surface area contributed by atoms with Gasteiger partial charge in [-0.2, -0.15) is 0 Å². The maximum atomic E-state index is 12.3. The van der Waals surface area contributed by atoms with E-state index in [-0.39, 0.29) is 5.91 Å². The number of amides is 1. The summed E-state index contributed by atoms with van der Waals surface area (Å²) in [6.45, 7) is 3.12. The Morgan fingerprint density at radius 2 is 1.78 bits per heavy atom. The van der Waals surface area contributed by atoms with Crippen LogP contribution in [0.15, 0.2) is 72.9 Å². The third-order valence-corrected chi connectivity index (χ3v) is 4.02. The van der Waals surface area contributed by atoms with Crippen molar-refractivity contribution >= 4 is 17.4 Å². The summed E-state index contributed by atoms with van der Waals surface area (Å²) in [5.74, 6) is 1.30. The van der Waals surface area contributed by atoms with E-state index < -0.39 is 0 Å². The number of pyridine rings is 1. The highest BCUT2D eigenvalue weighted by molar-refractivity contribution is 5.94. The standard InChI is InChI=1S/C22H23N3O2/c1-2-27-20-11-7-6-10-19(20)25-21-13-12-18(16-24-21)22(26)23-15-14-17-8-4-3-5-9-17/h3-13,16H,2,14-15H2,1H3,(H,23,26)(H,24,25). The second kappa shape index (κ2) is 9.38. The predicted molar refractivity (Wildman–Crippen MR) is 108 cm³/mol. The molecule has 0 bridgehead atoms. The monoisotopic (exact) mass is 361 g/mol. The first kappa shape index (κ1) is 18.5. The Morgan fingerprint density at radius 3 is 2.52 bits per heavy atom. The van der Waals surface area contributed by atoms with Crippen molar-refractivity contribution in [3.05, 3.63) is 84.1 Å². The van der Waals surface area contributed by atoms with Gasteiger partial charge in [0.15, 0.2) is 0 Å². The van der Waals surface area contributed by atoms with Crippen LogP contribution in [-0.4, -0.2) is 24.0 Å². The van der Waals surface area contributed by atoms with E-state index in [1.54, 1.807) is 18.3 Å². The number of nitrogens with one attached hydrogen (secondary N) is 2. The first-order valence-electron chi connectivity index (χ1n) is 9.03. The molecule has 1 heterocycles. The lowest BCUT2D eigenvalue weighted by Gasteiger charge is -2.12. The highest BCUT2D eigenvalue weighted by Crippen LogP contribution is 2.26. The van der Waals surface area contributed by atoms with Gasteiger partial charge in [-0.05, 0) is 43.2 Å². The fourth-order valence-corrected chi connectivity index (χ4v) is 2.66. The van der Waals surface area contributed by atoms with E-state index in [0.717, 1.165) is 17.9 Å². The van der Waals surface area contributed by atoms with Crippen LogP contribution in [0.4, 0.5) is 11.5 Å². The molecular weight excluding hydrogens is 338 g/mol. The second-order valence-electron chi connectivity index (χ2n) is 5.98. The van der Waals surface area contributed by atoms with Gasteiger partial charge in [0.05, 0.1) is 17.9 Å². The van der Waals surface area contributed by atoms with Gasteiger partial charge < -0.3 is 15.4 Å². The molecule has 3 aromatic rings. The maximum Gasteiger partial charge on any atom is 0.252 e. The zero-order valence-electron chi connectivity index (χ0n) is 15.3. The largest absolute Gasteiger partial charge is 0.492 e. The smallest absolute Gasteiger partial charge is 0.252 e. The van der Waals surface area contributed by atoms with E-state index in [4.69, 9.17) is 4.74 Å². The molecule has 1 aromatic heterocycles. The summed E-state index contributed by atoms with van der Waals surface area (Å²) in [6.07, 6.45) is 2.37. The number of nitrogens with zero attached hydrogens (tertiary/aromatic N) is 1. The van der Waals surface area contributed by atoms with Gasteiger partial charge in [-0.15, -0.1) is 0 Å². The molecule has 5 nitrogen and oxygen atoms in total. The number of aromatic nitrogens is 1. The Morgan fingerprint density at radius 1 is 1.00 bits per heavy atom. The highest BCUT2D eigenvalue weighted by atomic mass is 16.5. The van der Waals surface area contributed by atoms with Crippen molar-refractivity contribution in [2.45, 2.75) is 13.3 Å². The summed E-state index contributed by atoms with van der Waals surface area (Å²) in [4.78, 5) is 16.6. The molecule has 3 rings (SSSR count). The number of para-hydroxylation sites is 2. The van der Waals surface area contributed by atoms with E-state index in [1.165, 1.54) is 5.56 Å². The summed E-state index contributed by atoms with van der Waals surface area (Å²) >= 11 is 0. The molecule has 0 fully saturated rings. The molecule has 1 amide bonds. The molecule has 5 heteroatoms. The Balaban J connectivity index is 1.56. The molecule has 2 N–H and O–H groups in total. The van der Waals surface area contributed by atoms with Crippen molar-refractivity contribution in [1.82, 2.24) is 10.3 Å². The van der Waals surface area contributed by atoms with Crippen LogP contribution in [0.3, 0.4) is 0 Å². The number of hydrogen-bond donors (Lipinski definition) is 2. The van der Waals surface area contributed by atoms with Gasteiger partial charge in [0.2, 0.25) is 0 Å². The average Bonchev–Trinajstić information content (AvgIpc) is 2.71. The van der Waals surface area contributed by atoms with Crippen LogP contribution < -0.4 is 15.4 Å². The van der Waals surface area contributed by atoms with Crippen LogP contribution >= 0.6 is 0 Å². The molecule has 0 radical (unpaired) electrons. The lowest BCUT2D eigenvalue weighted by molar-refractivity contribution is 0.0954. The molecule has 0 saturated heterocycles. The minimum Gasteiger partial charge on any atom is -0.492 e. The molecule has 0 aliphatic heterocycles. The molecule has 0 aliphatic carbocycles. The minimum absolute atomic E-state index is 0.125. The van der Waals surface area contributed by atoms with Crippen LogP contribution in [0.2, 0.25) is 0 Å². The van der Waals surface area contributed by atoms with E-state index in [9.17, 15) is 4.79 Å². The fraction of sp³-hybridized carbons (Fsp3) is 0.182. The molecular formula is C22H23N3O2. The summed E-state index contributed by atoms with van der Waals surface area (Å²) < 4.78 is 5.60. The number of anilines is 2. The van der Waals surface area contributed by atoms with Crippen molar-refractivity contribution in [2.75, 3.05) is 18.5 Å². The van der Waals surface area contributed by atoms with Crippen LogP contribution in [0.1, 0.15) is 22.8 Å². The summed E-state index contributed by atoms with van der Waals surface area (Å²) in [5, 5.41) is 6.14. The highest BCUT2D eigenvalue weighted by Gasteiger charge is 2.07. The van der Waals surface area contributed by atoms with E-state index in [0.29, 0.717) is 24.5 Å². The van der Waals surface area contributed by atoms with Crippen LogP contribution in [0, 0.1) is 0 Å². The van der Waals surface area contributed by atoms with Gasteiger partial charge in [0.25, 0.3) is 5.91 Å². The second-order valence-corrected chi connectivity index (χ2v) is 5.98. The minimum atomic E-state index is -0.125. The number of rotatable bonds is 8.